The van der Waals surface area contributed by atoms with E-state index in [0.717, 1.165) is 36.9 Å². The van der Waals surface area contributed by atoms with Gasteiger partial charge in [0.2, 0.25) is 0 Å². The van der Waals surface area contributed by atoms with E-state index in [1.807, 2.05) is 0 Å². The number of ketones is 1. The summed E-state index contributed by atoms with van der Waals surface area (Å²) in [7, 11) is 2.08. The second-order valence-corrected chi connectivity index (χ2v) is 7.50. The molecule has 1 heterocycles. The second kappa shape index (κ2) is 6.89. The van der Waals surface area contributed by atoms with Gasteiger partial charge in [-0.3, -0.25) is 4.79 Å². The SMILES string of the molecule is CC1CC(C(=O)CC(N)C2CCc3cc(F)c(F)cc32)CCN1C. The van der Waals surface area contributed by atoms with Gasteiger partial charge in [0, 0.05) is 30.3 Å². The molecule has 1 aliphatic heterocycles. The van der Waals surface area contributed by atoms with Gasteiger partial charge in [0.05, 0.1) is 0 Å². The number of likely N-dealkylation sites (tertiary alicyclic amines) is 1. The molecule has 3 nitrogen and oxygen atoms in total. The summed E-state index contributed by atoms with van der Waals surface area (Å²) in [4.78, 5) is 14.9. The number of fused-ring (bicyclic) bond motifs is 1. The molecule has 1 aliphatic carbocycles. The highest BCUT2D eigenvalue weighted by Gasteiger charge is 2.33. The summed E-state index contributed by atoms with van der Waals surface area (Å²) < 4.78 is 26.9. The minimum atomic E-state index is -0.830. The van der Waals surface area contributed by atoms with Crippen molar-refractivity contribution < 1.29 is 13.6 Å². The van der Waals surface area contributed by atoms with E-state index >= 15 is 0 Å². The minimum Gasteiger partial charge on any atom is -0.327 e. The maximum absolute atomic E-state index is 13.6. The zero-order chi connectivity index (χ0) is 17.4. The Morgan fingerprint density at radius 3 is 2.75 bits per heavy atom. The zero-order valence-corrected chi connectivity index (χ0v) is 14.4. The van der Waals surface area contributed by atoms with Gasteiger partial charge in [-0.1, -0.05) is 0 Å². The highest BCUT2D eigenvalue weighted by molar-refractivity contribution is 5.82. The van der Waals surface area contributed by atoms with Crippen LogP contribution in [0, 0.1) is 17.6 Å². The molecule has 3 rings (SSSR count). The molecule has 132 valence electrons. The highest BCUT2D eigenvalue weighted by Crippen LogP contribution is 2.37. The molecule has 0 spiro atoms. The Kier molecular flexibility index (Phi) is 5.02. The Morgan fingerprint density at radius 2 is 2.04 bits per heavy atom. The first kappa shape index (κ1) is 17.5. The predicted octanol–water partition coefficient (Wildman–Crippen LogP) is 3.01. The molecule has 0 aromatic heterocycles. The number of halogens is 2. The molecule has 0 amide bonds. The molecule has 24 heavy (non-hydrogen) atoms. The summed E-state index contributed by atoms with van der Waals surface area (Å²) in [6, 6.07) is 2.63. The lowest BCUT2D eigenvalue weighted by Gasteiger charge is -2.35. The fraction of sp³-hybridized carbons (Fsp3) is 0.632. The summed E-state index contributed by atoms with van der Waals surface area (Å²) in [6.45, 7) is 3.08. The van der Waals surface area contributed by atoms with Crippen molar-refractivity contribution in [1.82, 2.24) is 4.90 Å². The van der Waals surface area contributed by atoms with E-state index in [1.165, 1.54) is 12.1 Å². The summed E-state index contributed by atoms with van der Waals surface area (Å²) >= 11 is 0. The van der Waals surface area contributed by atoms with E-state index in [-0.39, 0.29) is 23.7 Å². The van der Waals surface area contributed by atoms with E-state index in [0.29, 0.717) is 18.9 Å². The van der Waals surface area contributed by atoms with Crippen LogP contribution in [0.2, 0.25) is 0 Å². The molecule has 5 heteroatoms. The fourth-order valence-electron chi connectivity index (χ4n) is 4.20. The summed E-state index contributed by atoms with van der Waals surface area (Å²) in [5.74, 6) is -1.39. The number of nitrogens with two attached hydrogens (primary N) is 1. The fourth-order valence-corrected chi connectivity index (χ4v) is 4.20. The molecule has 4 atom stereocenters. The van der Waals surface area contributed by atoms with Crippen LogP contribution in [0.4, 0.5) is 8.78 Å². The average Bonchev–Trinajstić information content (AvgIpc) is 2.93. The quantitative estimate of drug-likeness (QED) is 0.919. The topological polar surface area (TPSA) is 46.3 Å². The number of rotatable bonds is 4. The van der Waals surface area contributed by atoms with Gasteiger partial charge in [-0.25, -0.2) is 8.78 Å². The molecule has 1 aromatic carbocycles. The van der Waals surface area contributed by atoms with E-state index < -0.39 is 11.6 Å². The number of piperidine rings is 1. The third-order valence-corrected chi connectivity index (χ3v) is 5.92. The monoisotopic (exact) mass is 336 g/mol. The lowest BCUT2D eigenvalue weighted by atomic mass is 9.83. The van der Waals surface area contributed by atoms with Gasteiger partial charge < -0.3 is 10.6 Å². The minimum absolute atomic E-state index is 0.0530. The predicted molar refractivity (Wildman–Crippen MR) is 89.8 cm³/mol. The lowest BCUT2D eigenvalue weighted by molar-refractivity contribution is -0.125. The molecule has 0 saturated carbocycles. The molecular weight excluding hydrogens is 310 g/mol. The van der Waals surface area contributed by atoms with Crippen LogP contribution >= 0.6 is 0 Å². The van der Waals surface area contributed by atoms with Gasteiger partial charge >= 0.3 is 0 Å². The molecular formula is C19H26F2N2O. The van der Waals surface area contributed by atoms with Crippen molar-refractivity contribution in [3.63, 3.8) is 0 Å². The smallest absolute Gasteiger partial charge is 0.159 e. The van der Waals surface area contributed by atoms with Crippen molar-refractivity contribution in [2.24, 2.45) is 11.7 Å². The van der Waals surface area contributed by atoms with Crippen LogP contribution < -0.4 is 5.73 Å². The maximum atomic E-state index is 13.6. The van der Waals surface area contributed by atoms with E-state index in [9.17, 15) is 13.6 Å². The average molecular weight is 336 g/mol. The van der Waals surface area contributed by atoms with Crippen molar-refractivity contribution in [2.45, 2.75) is 57.0 Å². The summed E-state index contributed by atoms with van der Waals surface area (Å²) in [5, 5.41) is 0. The van der Waals surface area contributed by atoms with E-state index in [1.54, 1.807) is 0 Å². The normalized spacial score (nSPS) is 28.6. The number of aryl methyl sites for hydroxylation is 1. The van der Waals surface area contributed by atoms with Crippen molar-refractivity contribution in [1.29, 1.82) is 0 Å². The number of benzene rings is 1. The van der Waals surface area contributed by atoms with Crippen LogP contribution in [0.1, 0.15) is 49.7 Å². The number of hydrogen-bond donors (Lipinski definition) is 1. The molecule has 4 unspecified atom stereocenters. The van der Waals surface area contributed by atoms with Crippen molar-refractivity contribution in [3.05, 3.63) is 34.9 Å². The van der Waals surface area contributed by atoms with Gasteiger partial charge in [0.15, 0.2) is 11.6 Å². The first-order valence-electron chi connectivity index (χ1n) is 8.83. The maximum Gasteiger partial charge on any atom is 0.159 e. The Morgan fingerprint density at radius 1 is 1.33 bits per heavy atom. The Bertz CT molecular complexity index is 634. The Balaban J connectivity index is 1.65. The van der Waals surface area contributed by atoms with Crippen LogP contribution in [0.5, 0.6) is 0 Å². The van der Waals surface area contributed by atoms with Gasteiger partial charge in [0.25, 0.3) is 0 Å². The molecule has 0 bridgehead atoms. The first-order valence-corrected chi connectivity index (χ1v) is 8.83. The second-order valence-electron chi connectivity index (χ2n) is 7.50. The van der Waals surface area contributed by atoms with E-state index in [2.05, 4.69) is 18.9 Å². The van der Waals surface area contributed by atoms with Crippen molar-refractivity contribution >= 4 is 5.78 Å². The number of Topliss-reactive ketones (excluding diaryl/α,β-unsaturated/α-hetero) is 1. The van der Waals surface area contributed by atoms with Crippen LogP contribution in [0.3, 0.4) is 0 Å². The molecule has 0 radical (unpaired) electrons. The van der Waals surface area contributed by atoms with Crippen LogP contribution in [-0.2, 0) is 11.2 Å². The molecule has 1 aromatic rings. The number of carbonyl (C=O) groups is 1. The van der Waals surface area contributed by atoms with Gasteiger partial charge in [-0.2, -0.15) is 0 Å². The zero-order valence-electron chi connectivity index (χ0n) is 14.4. The van der Waals surface area contributed by atoms with Crippen LogP contribution in [0.15, 0.2) is 12.1 Å². The van der Waals surface area contributed by atoms with Gasteiger partial charge in [-0.15, -0.1) is 0 Å². The first-order chi connectivity index (χ1) is 11.4. The van der Waals surface area contributed by atoms with Crippen molar-refractivity contribution in [2.75, 3.05) is 13.6 Å². The van der Waals surface area contributed by atoms with Gasteiger partial charge in [0.1, 0.15) is 5.78 Å². The largest absolute Gasteiger partial charge is 0.327 e. The molecule has 2 aliphatic rings. The Hall–Kier alpha value is -1.33. The van der Waals surface area contributed by atoms with Crippen LogP contribution in [-0.4, -0.2) is 36.4 Å². The third-order valence-electron chi connectivity index (χ3n) is 5.92. The molecule has 1 saturated heterocycles. The number of nitrogens with zero attached hydrogens (tertiary/aromatic N) is 1. The summed E-state index contributed by atoms with van der Waals surface area (Å²) in [5.41, 5.74) is 7.92. The Labute approximate surface area is 142 Å². The van der Waals surface area contributed by atoms with Crippen LogP contribution in [0.25, 0.3) is 0 Å². The highest BCUT2D eigenvalue weighted by atomic mass is 19.2. The van der Waals surface area contributed by atoms with E-state index in [4.69, 9.17) is 5.73 Å². The number of hydrogen-bond acceptors (Lipinski definition) is 3. The summed E-state index contributed by atoms with van der Waals surface area (Å²) in [6.07, 6.45) is 3.54. The number of carbonyl (C=O) groups excluding carboxylic acids is 1. The molecule has 1 fully saturated rings. The lowest BCUT2D eigenvalue weighted by Crippen LogP contribution is -2.41. The van der Waals surface area contributed by atoms with Gasteiger partial charge in [-0.05, 0) is 69.5 Å². The van der Waals surface area contributed by atoms with Crippen molar-refractivity contribution in [3.8, 4) is 0 Å². The standard InChI is InChI=1S/C19H26F2N2O/c1-11-7-13(5-6-23(11)2)19(24)10-18(22)14-4-3-12-8-16(20)17(21)9-15(12)14/h8-9,11,13-14,18H,3-7,10,22H2,1-2H3. The molecule has 2 N–H and O–H groups in total. The third kappa shape index (κ3) is 3.38.